The number of ether oxygens (including phenoxy) is 2. The molecule has 7 nitrogen and oxygen atoms in total. The second kappa shape index (κ2) is 10.2. The van der Waals surface area contributed by atoms with Crippen molar-refractivity contribution in [1.82, 2.24) is 15.3 Å². The number of pyridine rings is 2. The Morgan fingerprint density at radius 2 is 1.83 bits per heavy atom. The van der Waals surface area contributed by atoms with E-state index in [9.17, 15) is 27.5 Å². The number of aliphatic hydroxyl groups is 1. The van der Waals surface area contributed by atoms with Gasteiger partial charge in [0.2, 0.25) is 0 Å². The predicted octanol–water partition coefficient (Wildman–Crippen LogP) is 5.82. The van der Waals surface area contributed by atoms with Crippen LogP contribution in [0.1, 0.15) is 46.1 Å². The van der Waals surface area contributed by atoms with Crippen LogP contribution >= 0.6 is 0 Å². The van der Waals surface area contributed by atoms with Gasteiger partial charge in [0.05, 0.1) is 19.3 Å². The maximum atomic E-state index is 14.0. The molecule has 4 aromatic rings. The first-order chi connectivity index (χ1) is 20.0. The van der Waals surface area contributed by atoms with E-state index in [2.05, 4.69) is 15.3 Å². The normalized spacial score (nSPS) is 17.8. The molecule has 11 heteroatoms. The van der Waals surface area contributed by atoms with Gasteiger partial charge in [-0.2, -0.15) is 13.2 Å². The highest BCUT2D eigenvalue weighted by Gasteiger charge is 2.51. The first-order valence-corrected chi connectivity index (χ1v) is 13.4. The minimum absolute atomic E-state index is 0.0149. The van der Waals surface area contributed by atoms with E-state index in [1.807, 2.05) is 19.1 Å². The van der Waals surface area contributed by atoms with Crippen LogP contribution in [0, 0.1) is 18.7 Å². The van der Waals surface area contributed by atoms with E-state index in [1.165, 1.54) is 37.4 Å². The summed E-state index contributed by atoms with van der Waals surface area (Å²) in [4.78, 5) is 22.4. The number of hydrogen-bond acceptors (Lipinski definition) is 6. The van der Waals surface area contributed by atoms with Gasteiger partial charge in [-0.05, 0) is 74.2 Å². The molecule has 42 heavy (non-hydrogen) atoms. The number of aromatic nitrogens is 2. The third kappa shape index (κ3) is 5.02. The number of benzene rings is 2. The molecule has 0 radical (unpaired) electrons. The number of nitrogens with zero attached hydrogens (tertiary/aromatic N) is 2. The van der Waals surface area contributed by atoms with Crippen molar-refractivity contribution in [3.63, 3.8) is 0 Å². The molecule has 1 fully saturated rings. The monoisotopic (exact) mass is 581 g/mol. The van der Waals surface area contributed by atoms with E-state index >= 15 is 0 Å². The molecule has 218 valence electrons. The number of fused-ring (bicyclic) bond motifs is 2. The average Bonchev–Trinajstić information content (AvgIpc) is 3.73. The van der Waals surface area contributed by atoms with Crippen molar-refractivity contribution < 1.29 is 36.9 Å². The van der Waals surface area contributed by atoms with Crippen LogP contribution in [0.2, 0.25) is 0 Å². The van der Waals surface area contributed by atoms with E-state index < -0.39 is 36.0 Å². The molecule has 2 N–H and O–H groups in total. The summed E-state index contributed by atoms with van der Waals surface area (Å²) in [5, 5.41) is 15.4. The summed E-state index contributed by atoms with van der Waals surface area (Å²) in [6.07, 6.45) is -3.39. The van der Waals surface area contributed by atoms with Crippen molar-refractivity contribution in [2.24, 2.45) is 5.92 Å². The summed E-state index contributed by atoms with van der Waals surface area (Å²) < 4.78 is 66.5. The lowest BCUT2D eigenvalue weighted by molar-refractivity contribution is -0.151. The number of hydrogen-bond donors (Lipinski definition) is 2. The third-order valence-corrected chi connectivity index (χ3v) is 7.88. The van der Waals surface area contributed by atoms with Gasteiger partial charge in [-0.15, -0.1) is 0 Å². The van der Waals surface area contributed by atoms with Gasteiger partial charge in [0, 0.05) is 27.8 Å². The molecule has 2 aromatic carbocycles. The Balaban J connectivity index is 1.37. The van der Waals surface area contributed by atoms with Gasteiger partial charge < -0.3 is 19.9 Å². The van der Waals surface area contributed by atoms with Crippen molar-refractivity contribution in [3.05, 3.63) is 82.9 Å². The van der Waals surface area contributed by atoms with Gasteiger partial charge in [0.25, 0.3) is 5.91 Å². The number of methoxy groups -OCH3 is 1. The Hall–Kier alpha value is -4.25. The van der Waals surface area contributed by atoms with Crippen LogP contribution in [0.15, 0.2) is 54.6 Å². The van der Waals surface area contributed by atoms with Gasteiger partial charge >= 0.3 is 6.18 Å². The van der Waals surface area contributed by atoms with E-state index in [0.717, 1.165) is 5.69 Å². The predicted molar refractivity (Wildman–Crippen MR) is 146 cm³/mol. The van der Waals surface area contributed by atoms with Crippen LogP contribution in [-0.4, -0.2) is 47.4 Å². The lowest BCUT2D eigenvalue weighted by Crippen LogP contribution is -2.43. The first kappa shape index (κ1) is 27.9. The molecule has 2 aliphatic rings. The van der Waals surface area contributed by atoms with Gasteiger partial charge in [-0.25, -0.2) is 14.4 Å². The molecule has 1 aliphatic heterocycles. The third-order valence-electron chi connectivity index (χ3n) is 7.88. The highest BCUT2D eigenvalue weighted by molar-refractivity contribution is 6.00. The van der Waals surface area contributed by atoms with Crippen LogP contribution in [0.4, 0.5) is 17.6 Å². The Labute approximate surface area is 238 Å². The van der Waals surface area contributed by atoms with Gasteiger partial charge in [0.15, 0.2) is 0 Å². The molecule has 0 bridgehead atoms. The molecule has 1 saturated carbocycles. The van der Waals surface area contributed by atoms with Crippen LogP contribution < -0.4 is 14.8 Å². The zero-order valence-corrected chi connectivity index (χ0v) is 22.8. The Bertz CT molecular complexity index is 1690. The molecule has 0 unspecified atom stereocenters. The number of aryl methyl sites for hydroxylation is 1. The first-order valence-electron chi connectivity index (χ1n) is 13.4. The molecular weight excluding hydrogens is 554 g/mol. The lowest BCUT2D eigenvalue weighted by atomic mass is 9.88. The van der Waals surface area contributed by atoms with Gasteiger partial charge in [-0.1, -0.05) is 6.07 Å². The number of halogens is 4. The highest BCUT2D eigenvalue weighted by atomic mass is 19.4. The fraction of sp³-hybridized carbons (Fsp3) is 0.323. The van der Waals surface area contributed by atoms with E-state index in [1.54, 1.807) is 12.1 Å². The van der Waals surface area contributed by atoms with Crippen molar-refractivity contribution in [3.8, 4) is 22.8 Å². The molecule has 2 aromatic heterocycles. The lowest BCUT2D eigenvalue weighted by Gasteiger charge is -2.29. The van der Waals surface area contributed by atoms with Crippen LogP contribution in [0.25, 0.3) is 22.2 Å². The Kier molecular flexibility index (Phi) is 6.80. The smallest absolute Gasteiger partial charge is 0.399 e. The van der Waals surface area contributed by atoms with E-state index in [-0.39, 0.29) is 40.7 Å². The number of carbonyl (C=O) groups excluding carboxylic acids is 1. The Morgan fingerprint density at radius 1 is 1.10 bits per heavy atom. The molecular formula is C31H27F4N3O4. The second-order valence-corrected chi connectivity index (χ2v) is 10.8. The average molecular weight is 582 g/mol. The van der Waals surface area contributed by atoms with Gasteiger partial charge in [-0.3, -0.25) is 4.79 Å². The highest BCUT2D eigenvalue weighted by Crippen LogP contribution is 2.51. The molecule has 3 heterocycles. The summed E-state index contributed by atoms with van der Waals surface area (Å²) in [6, 6.07) is 13.2. The van der Waals surface area contributed by atoms with Crippen LogP contribution in [0.3, 0.4) is 0 Å². The van der Waals surface area contributed by atoms with Crippen molar-refractivity contribution in [2.75, 3.05) is 20.3 Å². The maximum absolute atomic E-state index is 14.0. The standard InChI is InChI=1S/C31H27F4N3O4/c1-16-3-4-18-11-19(12-24(41-2)26(18)37-16)29(39)36-15-30(40,20-7-8-20)25-13-22-23(31(33,34)35)14-42-28(22)27(38-25)17-5-9-21(32)10-6-17/h3-6,9-13,20,23,40H,7-8,14-15H2,1-2H3,(H,36,39)/t23-,30-/m1/s1. The molecule has 1 amide bonds. The molecule has 0 spiro atoms. The topological polar surface area (TPSA) is 93.6 Å². The van der Waals surface area contributed by atoms with E-state index in [4.69, 9.17) is 9.47 Å². The minimum atomic E-state index is -4.60. The van der Waals surface area contributed by atoms with Crippen LogP contribution in [-0.2, 0) is 5.60 Å². The van der Waals surface area contributed by atoms with E-state index in [0.29, 0.717) is 35.1 Å². The largest absolute Gasteiger partial charge is 0.494 e. The van der Waals surface area contributed by atoms with Crippen molar-refractivity contribution in [2.45, 2.75) is 37.5 Å². The zero-order valence-electron chi connectivity index (χ0n) is 22.8. The minimum Gasteiger partial charge on any atom is -0.494 e. The number of alkyl halides is 3. The van der Waals surface area contributed by atoms with Crippen molar-refractivity contribution >= 4 is 16.8 Å². The van der Waals surface area contributed by atoms with Crippen molar-refractivity contribution in [1.29, 1.82) is 0 Å². The van der Waals surface area contributed by atoms with Crippen LogP contribution in [0.5, 0.6) is 11.5 Å². The number of carbonyl (C=O) groups is 1. The Morgan fingerprint density at radius 3 is 2.50 bits per heavy atom. The quantitative estimate of drug-likeness (QED) is 0.267. The maximum Gasteiger partial charge on any atom is 0.399 e. The number of rotatable bonds is 7. The molecule has 1 aliphatic carbocycles. The molecule has 2 atom stereocenters. The summed E-state index contributed by atoms with van der Waals surface area (Å²) in [6.45, 7) is 0.917. The number of nitrogens with one attached hydrogen (secondary N) is 1. The summed E-state index contributed by atoms with van der Waals surface area (Å²) in [7, 11) is 1.47. The summed E-state index contributed by atoms with van der Waals surface area (Å²) in [5.41, 5.74) is 0.125. The molecule has 0 saturated heterocycles. The number of amides is 1. The second-order valence-electron chi connectivity index (χ2n) is 10.8. The fourth-order valence-corrected chi connectivity index (χ4v) is 5.42. The summed E-state index contributed by atoms with van der Waals surface area (Å²) >= 11 is 0. The fourth-order valence-electron chi connectivity index (χ4n) is 5.42. The zero-order chi connectivity index (χ0) is 29.8. The summed E-state index contributed by atoms with van der Waals surface area (Å²) in [5.74, 6) is -2.94. The van der Waals surface area contributed by atoms with Gasteiger partial charge in [0.1, 0.15) is 46.7 Å². The molecule has 6 rings (SSSR count). The SMILES string of the molecule is COc1cc(C(=O)NC[C@](O)(c2cc3c(c(-c4ccc(F)cc4)n2)OC[C@H]3C(F)(F)F)C2CC2)cc2ccc(C)nc12.